The van der Waals surface area contributed by atoms with E-state index in [-0.39, 0.29) is 18.4 Å². The molecule has 27 heavy (non-hydrogen) atoms. The molecule has 0 aliphatic rings. The van der Waals surface area contributed by atoms with Gasteiger partial charge >= 0.3 is 0 Å². The predicted octanol–water partition coefficient (Wildman–Crippen LogP) is 2.98. The van der Waals surface area contributed by atoms with E-state index in [0.29, 0.717) is 24.4 Å². The van der Waals surface area contributed by atoms with Gasteiger partial charge in [0.05, 0.1) is 13.2 Å². The summed E-state index contributed by atoms with van der Waals surface area (Å²) in [5.41, 5.74) is 4.50. The molecule has 2 rings (SSSR count). The lowest BCUT2D eigenvalue weighted by atomic mass is 10.1. The molecule has 0 aromatic heterocycles. The van der Waals surface area contributed by atoms with Crippen LogP contribution in [0.1, 0.15) is 28.4 Å². The van der Waals surface area contributed by atoms with Crippen LogP contribution < -0.4 is 16.0 Å². The SMILES string of the molecule is CCc1cccc(C)c1NCC(=O)Nc1ccc(C(=O)NCCOC)cc1. The molecule has 0 aliphatic heterocycles. The zero-order valence-corrected chi connectivity index (χ0v) is 16.1. The standard InChI is InChI=1S/C21H27N3O3/c1-4-16-7-5-6-15(2)20(16)23-14-19(25)24-18-10-8-17(9-11-18)21(26)22-12-13-27-3/h5-11,23H,4,12-14H2,1-3H3,(H,22,26)(H,24,25). The van der Waals surface area contributed by atoms with Crippen molar-refractivity contribution in [3.63, 3.8) is 0 Å². The third-order valence-corrected chi connectivity index (χ3v) is 4.19. The number of methoxy groups -OCH3 is 1. The van der Waals surface area contributed by atoms with Crippen molar-refractivity contribution in [1.29, 1.82) is 0 Å². The number of anilines is 2. The topological polar surface area (TPSA) is 79.5 Å². The van der Waals surface area contributed by atoms with E-state index in [1.165, 1.54) is 5.56 Å². The molecule has 0 bridgehead atoms. The van der Waals surface area contributed by atoms with Crippen molar-refractivity contribution in [2.75, 3.05) is 37.4 Å². The number of benzene rings is 2. The van der Waals surface area contributed by atoms with Crippen molar-refractivity contribution in [3.8, 4) is 0 Å². The summed E-state index contributed by atoms with van der Waals surface area (Å²) in [4.78, 5) is 24.2. The number of aryl methyl sites for hydroxylation is 2. The van der Waals surface area contributed by atoms with E-state index in [9.17, 15) is 9.59 Å². The van der Waals surface area contributed by atoms with E-state index in [4.69, 9.17) is 4.74 Å². The molecule has 0 heterocycles. The number of para-hydroxylation sites is 1. The van der Waals surface area contributed by atoms with Gasteiger partial charge < -0.3 is 20.7 Å². The maximum absolute atomic E-state index is 12.2. The van der Waals surface area contributed by atoms with Crippen molar-refractivity contribution >= 4 is 23.2 Å². The summed E-state index contributed by atoms with van der Waals surface area (Å²) in [6.07, 6.45) is 0.902. The van der Waals surface area contributed by atoms with Crippen molar-refractivity contribution < 1.29 is 14.3 Å². The quantitative estimate of drug-likeness (QED) is 0.594. The Kier molecular flexibility index (Phi) is 7.82. The van der Waals surface area contributed by atoms with Gasteiger partial charge in [-0.15, -0.1) is 0 Å². The zero-order chi connectivity index (χ0) is 19.6. The predicted molar refractivity (Wildman–Crippen MR) is 108 cm³/mol. The van der Waals surface area contributed by atoms with Gasteiger partial charge in [0.2, 0.25) is 5.91 Å². The van der Waals surface area contributed by atoms with Gasteiger partial charge in [0.25, 0.3) is 5.91 Å². The molecule has 2 amide bonds. The molecule has 0 aliphatic carbocycles. The lowest BCUT2D eigenvalue weighted by molar-refractivity contribution is -0.114. The van der Waals surface area contributed by atoms with E-state index in [1.807, 2.05) is 19.1 Å². The van der Waals surface area contributed by atoms with E-state index in [0.717, 1.165) is 17.7 Å². The highest BCUT2D eigenvalue weighted by Gasteiger charge is 2.08. The highest BCUT2D eigenvalue weighted by atomic mass is 16.5. The Hall–Kier alpha value is -2.86. The molecule has 0 saturated carbocycles. The van der Waals surface area contributed by atoms with Crippen LogP contribution in [0.4, 0.5) is 11.4 Å². The van der Waals surface area contributed by atoms with Gasteiger partial charge in [-0.2, -0.15) is 0 Å². The summed E-state index contributed by atoms with van der Waals surface area (Å²) in [5.74, 6) is -0.309. The smallest absolute Gasteiger partial charge is 0.251 e. The van der Waals surface area contributed by atoms with Crippen LogP contribution in [0.25, 0.3) is 0 Å². The molecular weight excluding hydrogens is 342 g/mol. The van der Waals surface area contributed by atoms with Gasteiger partial charge in [0.1, 0.15) is 0 Å². The van der Waals surface area contributed by atoms with Crippen molar-refractivity contribution in [3.05, 3.63) is 59.2 Å². The molecular formula is C21H27N3O3. The summed E-state index contributed by atoms with van der Waals surface area (Å²) in [6, 6.07) is 12.9. The Morgan fingerprint density at radius 1 is 1.07 bits per heavy atom. The number of carbonyl (C=O) groups excluding carboxylic acids is 2. The Balaban J connectivity index is 1.88. The van der Waals surface area contributed by atoms with Gasteiger partial charge in [-0.25, -0.2) is 0 Å². The first-order valence-electron chi connectivity index (χ1n) is 9.04. The van der Waals surface area contributed by atoms with Crippen molar-refractivity contribution in [1.82, 2.24) is 5.32 Å². The first-order valence-corrected chi connectivity index (χ1v) is 9.04. The second kappa shape index (κ2) is 10.3. The van der Waals surface area contributed by atoms with Crippen LogP contribution >= 0.6 is 0 Å². The first-order chi connectivity index (χ1) is 13.0. The molecule has 144 valence electrons. The molecule has 6 heteroatoms. The minimum absolute atomic E-state index is 0.141. The lowest BCUT2D eigenvalue weighted by Gasteiger charge is -2.14. The highest BCUT2D eigenvalue weighted by Crippen LogP contribution is 2.20. The minimum atomic E-state index is -0.168. The Morgan fingerprint density at radius 2 is 1.81 bits per heavy atom. The third kappa shape index (κ3) is 6.11. The molecule has 0 saturated heterocycles. The highest BCUT2D eigenvalue weighted by molar-refractivity contribution is 5.96. The van der Waals surface area contributed by atoms with Crippen LogP contribution in [0, 0.1) is 6.92 Å². The van der Waals surface area contributed by atoms with Gasteiger partial charge in [0.15, 0.2) is 0 Å². The summed E-state index contributed by atoms with van der Waals surface area (Å²) in [7, 11) is 1.58. The van der Waals surface area contributed by atoms with Crippen molar-refractivity contribution in [2.24, 2.45) is 0 Å². The molecule has 6 nitrogen and oxygen atoms in total. The van der Waals surface area contributed by atoms with E-state index in [1.54, 1.807) is 31.4 Å². The molecule has 0 spiro atoms. The average Bonchev–Trinajstić information content (AvgIpc) is 2.67. The van der Waals surface area contributed by atoms with Crippen LogP contribution in [0.5, 0.6) is 0 Å². The molecule has 0 unspecified atom stereocenters. The summed E-state index contributed by atoms with van der Waals surface area (Å²) in [6.45, 7) is 5.21. The summed E-state index contributed by atoms with van der Waals surface area (Å²) < 4.78 is 4.90. The monoisotopic (exact) mass is 369 g/mol. The minimum Gasteiger partial charge on any atom is -0.383 e. The van der Waals surface area contributed by atoms with E-state index >= 15 is 0 Å². The van der Waals surface area contributed by atoms with Gasteiger partial charge in [-0.05, 0) is 48.7 Å². The molecule has 3 N–H and O–H groups in total. The maximum Gasteiger partial charge on any atom is 0.251 e. The number of hydrogen-bond acceptors (Lipinski definition) is 4. The van der Waals surface area contributed by atoms with Crippen LogP contribution in [-0.4, -0.2) is 38.6 Å². The number of amides is 2. The Bertz CT molecular complexity index is 773. The average molecular weight is 369 g/mol. The normalized spacial score (nSPS) is 10.3. The Labute approximate surface area is 160 Å². The molecule has 2 aromatic rings. The van der Waals surface area contributed by atoms with Gasteiger partial charge in [-0.1, -0.05) is 25.1 Å². The zero-order valence-electron chi connectivity index (χ0n) is 16.1. The van der Waals surface area contributed by atoms with Crippen LogP contribution in [0.3, 0.4) is 0 Å². The summed E-state index contributed by atoms with van der Waals surface area (Å²) >= 11 is 0. The van der Waals surface area contributed by atoms with Crippen molar-refractivity contribution in [2.45, 2.75) is 20.3 Å². The second-order valence-electron chi connectivity index (χ2n) is 6.19. The van der Waals surface area contributed by atoms with Gasteiger partial charge in [0, 0.05) is 30.6 Å². The number of rotatable bonds is 9. The number of nitrogens with one attached hydrogen (secondary N) is 3. The molecule has 0 radical (unpaired) electrons. The number of ether oxygens (including phenoxy) is 1. The number of carbonyl (C=O) groups is 2. The number of hydrogen-bond donors (Lipinski definition) is 3. The van der Waals surface area contributed by atoms with Crippen LogP contribution in [-0.2, 0) is 16.0 Å². The summed E-state index contributed by atoms with van der Waals surface area (Å²) in [5, 5.41) is 8.81. The first kappa shape index (κ1) is 20.5. The fourth-order valence-corrected chi connectivity index (χ4v) is 2.72. The molecule has 0 atom stereocenters. The van der Waals surface area contributed by atoms with Crippen LogP contribution in [0.15, 0.2) is 42.5 Å². The lowest BCUT2D eigenvalue weighted by Crippen LogP contribution is -2.27. The fourth-order valence-electron chi connectivity index (χ4n) is 2.72. The largest absolute Gasteiger partial charge is 0.383 e. The third-order valence-electron chi connectivity index (χ3n) is 4.19. The fraction of sp³-hybridized carbons (Fsp3) is 0.333. The second-order valence-corrected chi connectivity index (χ2v) is 6.19. The maximum atomic E-state index is 12.2. The molecule has 2 aromatic carbocycles. The molecule has 0 fully saturated rings. The van der Waals surface area contributed by atoms with Crippen LogP contribution in [0.2, 0.25) is 0 Å². The van der Waals surface area contributed by atoms with Gasteiger partial charge in [-0.3, -0.25) is 9.59 Å². The van der Waals surface area contributed by atoms with E-state index in [2.05, 4.69) is 28.9 Å². The van der Waals surface area contributed by atoms with E-state index < -0.39 is 0 Å². The Morgan fingerprint density at radius 3 is 2.48 bits per heavy atom.